The lowest BCUT2D eigenvalue weighted by Crippen LogP contribution is -2.51. The summed E-state index contributed by atoms with van der Waals surface area (Å²) >= 11 is 0. The Bertz CT molecular complexity index is 1290. The van der Waals surface area contributed by atoms with Gasteiger partial charge in [0.1, 0.15) is 11.3 Å². The average molecular weight is 566 g/mol. The van der Waals surface area contributed by atoms with E-state index in [0.29, 0.717) is 34.5 Å². The molecule has 7 heteroatoms. The zero-order chi connectivity index (χ0) is 30.1. The van der Waals surface area contributed by atoms with Crippen molar-refractivity contribution in [2.45, 2.75) is 111 Å². The highest BCUT2D eigenvalue weighted by atomic mass is 28.4. The fourth-order valence-corrected chi connectivity index (χ4v) is 13.4. The lowest BCUT2D eigenvalue weighted by atomic mass is 9.77. The van der Waals surface area contributed by atoms with Gasteiger partial charge < -0.3 is 9.16 Å². The van der Waals surface area contributed by atoms with E-state index in [1.54, 1.807) is 11.8 Å². The molecule has 0 saturated carbocycles. The second kappa shape index (κ2) is 10.0. The maximum Gasteiger partial charge on any atom is 0.329 e. The summed E-state index contributed by atoms with van der Waals surface area (Å²) in [4.78, 5) is 43.6. The van der Waals surface area contributed by atoms with Crippen molar-refractivity contribution in [3.8, 4) is 5.75 Å². The van der Waals surface area contributed by atoms with Crippen LogP contribution in [0.2, 0.25) is 16.6 Å². The molecule has 1 unspecified atom stereocenters. The van der Waals surface area contributed by atoms with Gasteiger partial charge in [0.15, 0.2) is 5.78 Å². The maximum atomic E-state index is 14.4. The number of hydrogen-bond donors (Lipinski definition) is 0. The Morgan fingerprint density at radius 2 is 1.65 bits per heavy atom. The summed E-state index contributed by atoms with van der Waals surface area (Å²) < 4.78 is 12.5. The van der Waals surface area contributed by atoms with Crippen molar-refractivity contribution in [1.29, 1.82) is 0 Å². The van der Waals surface area contributed by atoms with Crippen LogP contribution >= 0.6 is 0 Å². The summed E-state index contributed by atoms with van der Waals surface area (Å²) in [6.07, 6.45) is 2.28. The van der Waals surface area contributed by atoms with E-state index in [2.05, 4.69) is 61.1 Å². The number of amides is 1. The first kappa shape index (κ1) is 30.3. The van der Waals surface area contributed by atoms with Crippen LogP contribution < -0.4 is 9.33 Å². The van der Waals surface area contributed by atoms with Crippen LogP contribution in [0.15, 0.2) is 30.4 Å². The van der Waals surface area contributed by atoms with Crippen LogP contribution in [0.1, 0.15) is 99.6 Å². The lowest BCUT2D eigenvalue weighted by Gasteiger charge is -2.42. The number of Topliss-reactive ketones (excluding diaryl/α,β-unsaturated/α-hetero) is 1. The maximum absolute atomic E-state index is 14.4. The Kier molecular flexibility index (Phi) is 7.57. The van der Waals surface area contributed by atoms with Gasteiger partial charge in [0.05, 0.1) is 12.3 Å². The van der Waals surface area contributed by atoms with Crippen molar-refractivity contribution in [3.05, 3.63) is 41.5 Å². The average Bonchev–Trinajstić information content (AvgIpc) is 3.17. The molecule has 4 rings (SSSR count). The van der Waals surface area contributed by atoms with E-state index in [4.69, 9.17) is 9.16 Å². The van der Waals surface area contributed by atoms with Crippen molar-refractivity contribution in [1.82, 2.24) is 0 Å². The van der Waals surface area contributed by atoms with Gasteiger partial charge in [-0.15, -0.1) is 0 Å². The minimum absolute atomic E-state index is 0.0164. The number of ketones is 1. The Balaban J connectivity index is 2.05. The second-order valence-corrected chi connectivity index (χ2v) is 18.5. The van der Waals surface area contributed by atoms with Crippen LogP contribution in [0.25, 0.3) is 5.57 Å². The third-order valence-electron chi connectivity index (χ3n) is 10.1. The highest BCUT2D eigenvalue weighted by molar-refractivity contribution is 6.78. The van der Waals surface area contributed by atoms with Crippen LogP contribution in [-0.2, 0) is 19.1 Å². The van der Waals surface area contributed by atoms with E-state index in [9.17, 15) is 14.4 Å². The van der Waals surface area contributed by atoms with Gasteiger partial charge in [-0.1, -0.05) is 73.6 Å². The molecular weight excluding hydrogens is 518 g/mol. The molecular formula is C33H47NO5Si. The topological polar surface area (TPSA) is 72.9 Å². The number of ether oxygens (including phenoxy) is 1. The summed E-state index contributed by atoms with van der Waals surface area (Å²) in [5.74, 6) is -0.962. The third-order valence-corrected chi connectivity index (χ3v) is 16.1. The quantitative estimate of drug-likeness (QED) is 0.141. The van der Waals surface area contributed by atoms with Gasteiger partial charge in [-0.05, 0) is 72.5 Å². The van der Waals surface area contributed by atoms with E-state index in [1.807, 2.05) is 26.0 Å². The molecule has 2 heterocycles. The number of carbonyl (C=O) groups is 3. The van der Waals surface area contributed by atoms with E-state index >= 15 is 0 Å². The van der Waals surface area contributed by atoms with Gasteiger partial charge in [0.2, 0.25) is 5.41 Å². The van der Waals surface area contributed by atoms with E-state index < -0.39 is 36.9 Å². The molecule has 3 aliphatic rings. The molecule has 40 heavy (non-hydrogen) atoms. The number of fused-ring (bicyclic) bond motifs is 2. The predicted octanol–water partition coefficient (Wildman–Crippen LogP) is 7.58. The highest BCUT2D eigenvalue weighted by Crippen LogP contribution is 2.59. The number of hydrogen-bond acceptors (Lipinski definition) is 5. The van der Waals surface area contributed by atoms with Gasteiger partial charge in [-0.25, -0.2) is 0 Å². The standard InChI is InChI=1S/C33H47NO5Si/c1-13-33-17-21(9)27-23(11)22(10)25-15-24(39-40(18(3)4,19(5)6)20(7)8)16-26(28(25)27)34(33)30(36)32(12,29(33)35)31(37)38-14-2/h15-20,23,27H,10,13-14H2,1-9,11-12H3/t23-,27+,32?,33-/m0/s1. The number of anilines is 1. The van der Waals surface area contributed by atoms with Crippen molar-refractivity contribution in [2.24, 2.45) is 11.3 Å². The van der Waals surface area contributed by atoms with E-state index in [0.717, 1.165) is 22.3 Å². The number of benzene rings is 1. The first-order chi connectivity index (χ1) is 18.6. The predicted molar refractivity (Wildman–Crippen MR) is 163 cm³/mol. The molecule has 0 N–H and O–H groups in total. The normalized spacial score (nSPS) is 27.8. The molecule has 218 valence electrons. The summed E-state index contributed by atoms with van der Waals surface area (Å²) in [6, 6.07) is 4.07. The van der Waals surface area contributed by atoms with Crippen LogP contribution in [0.3, 0.4) is 0 Å². The molecule has 1 fully saturated rings. The molecule has 1 saturated heterocycles. The lowest BCUT2D eigenvalue weighted by molar-refractivity contribution is -0.160. The SMILES string of the molecule is C=C1c2cc(O[Si](C(C)C)(C(C)C)C(C)C)cc3c2[C@H](C(C)=C[C@@]2(CC)C(=O)C(C)(C(=O)OCC)C(=O)N32)[C@H]1C. The molecule has 2 aliphatic heterocycles. The van der Waals surface area contributed by atoms with Crippen molar-refractivity contribution in [2.75, 3.05) is 11.5 Å². The van der Waals surface area contributed by atoms with Crippen LogP contribution in [0, 0.1) is 11.3 Å². The highest BCUT2D eigenvalue weighted by Gasteiger charge is 2.69. The van der Waals surface area contributed by atoms with E-state index in [-0.39, 0.29) is 18.4 Å². The summed E-state index contributed by atoms with van der Waals surface area (Å²) in [5.41, 5.74) is 2.50. The van der Waals surface area contributed by atoms with Crippen LogP contribution in [0.4, 0.5) is 5.69 Å². The van der Waals surface area contributed by atoms with E-state index in [1.165, 1.54) is 6.92 Å². The minimum atomic E-state index is -2.34. The molecule has 4 atom stereocenters. The number of allylic oxidation sites excluding steroid dienone is 2. The number of nitrogens with zero attached hydrogens (tertiary/aromatic N) is 1. The molecule has 0 radical (unpaired) electrons. The van der Waals surface area contributed by atoms with Gasteiger partial charge in [0.25, 0.3) is 14.2 Å². The zero-order valence-electron chi connectivity index (χ0n) is 26.2. The molecule has 1 aliphatic carbocycles. The molecule has 1 aromatic rings. The first-order valence-corrected chi connectivity index (χ1v) is 17.0. The molecule has 1 aromatic carbocycles. The molecule has 6 nitrogen and oxygen atoms in total. The van der Waals surface area contributed by atoms with Crippen molar-refractivity contribution < 1.29 is 23.5 Å². The van der Waals surface area contributed by atoms with Gasteiger partial charge in [-0.2, -0.15) is 0 Å². The largest absolute Gasteiger partial charge is 0.543 e. The Morgan fingerprint density at radius 1 is 1.07 bits per heavy atom. The Morgan fingerprint density at radius 3 is 2.15 bits per heavy atom. The zero-order valence-corrected chi connectivity index (χ0v) is 27.2. The minimum Gasteiger partial charge on any atom is -0.543 e. The molecule has 0 bridgehead atoms. The summed E-state index contributed by atoms with van der Waals surface area (Å²) in [7, 11) is -2.34. The van der Waals surface area contributed by atoms with Crippen molar-refractivity contribution >= 4 is 37.2 Å². The Labute approximate surface area is 241 Å². The molecule has 0 spiro atoms. The van der Waals surface area contributed by atoms with Crippen LogP contribution in [0.5, 0.6) is 5.75 Å². The number of esters is 1. The second-order valence-electron chi connectivity index (χ2n) is 13.1. The smallest absolute Gasteiger partial charge is 0.329 e. The van der Waals surface area contributed by atoms with Crippen LogP contribution in [-0.4, -0.2) is 38.1 Å². The molecule has 0 aromatic heterocycles. The third kappa shape index (κ3) is 3.75. The Hall–Kier alpha value is -2.67. The summed E-state index contributed by atoms with van der Waals surface area (Å²) in [5, 5.41) is 0. The first-order valence-electron chi connectivity index (χ1n) is 14.9. The van der Waals surface area contributed by atoms with Crippen molar-refractivity contribution in [3.63, 3.8) is 0 Å². The van der Waals surface area contributed by atoms with Gasteiger partial charge in [0, 0.05) is 12.0 Å². The molecule has 1 amide bonds. The fraction of sp³-hybridized carbons (Fsp3) is 0.606. The monoisotopic (exact) mass is 565 g/mol. The fourth-order valence-electron chi connectivity index (χ4n) is 8.16. The summed E-state index contributed by atoms with van der Waals surface area (Å²) in [6.45, 7) is 27.2. The van der Waals surface area contributed by atoms with Gasteiger partial charge in [-0.3, -0.25) is 19.3 Å². The van der Waals surface area contributed by atoms with Gasteiger partial charge >= 0.3 is 5.97 Å². The number of rotatable bonds is 8. The number of carbonyl (C=O) groups excluding carboxylic acids is 3.